The summed E-state index contributed by atoms with van der Waals surface area (Å²) in [5, 5.41) is 3.41. The Hall–Kier alpha value is -0.890. The summed E-state index contributed by atoms with van der Waals surface area (Å²) >= 11 is 0. The molecule has 0 spiro atoms. The summed E-state index contributed by atoms with van der Waals surface area (Å²) in [5.41, 5.74) is 2.08. The number of hydrogen-bond acceptors (Lipinski definition) is 1. The molecule has 0 aliphatic rings. The Kier molecular flexibility index (Phi) is 4.70. The van der Waals surface area contributed by atoms with Gasteiger partial charge in [-0.3, -0.25) is 0 Å². The highest BCUT2D eigenvalue weighted by Crippen LogP contribution is 2.28. The largest absolute Gasteiger partial charge is 0.315 e. The highest BCUT2D eigenvalue weighted by molar-refractivity contribution is 5.29. The molecule has 1 nitrogen and oxygen atoms in total. The van der Waals surface area contributed by atoms with Crippen molar-refractivity contribution in [3.8, 4) is 0 Å². The van der Waals surface area contributed by atoms with Gasteiger partial charge in [0.25, 0.3) is 0 Å². The number of hydrogen-bond donors (Lipinski definition) is 1. The summed E-state index contributed by atoms with van der Waals surface area (Å²) in [5.74, 6) is -0.134. The zero-order valence-corrected chi connectivity index (χ0v) is 11.6. The van der Waals surface area contributed by atoms with Crippen molar-refractivity contribution in [2.45, 2.75) is 52.5 Å². The molecule has 0 fully saturated rings. The monoisotopic (exact) mass is 237 g/mol. The van der Waals surface area contributed by atoms with Crippen LogP contribution >= 0.6 is 0 Å². The fraction of sp³-hybridized carbons (Fsp3) is 0.600. The molecule has 0 saturated heterocycles. The molecular formula is C15H24FN. The van der Waals surface area contributed by atoms with Gasteiger partial charge >= 0.3 is 0 Å². The third kappa shape index (κ3) is 4.47. The SMILES string of the molecule is Cc1cc(F)cc(C(C)(C)CCNC(C)C)c1. The second kappa shape index (κ2) is 5.63. The third-order valence-corrected chi connectivity index (χ3v) is 3.13. The van der Waals surface area contributed by atoms with Crippen molar-refractivity contribution in [2.24, 2.45) is 0 Å². The summed E-state index contributed by atoms with van der Waals surface area (Å²) in [4.78, 5) is 0. The predicted molar refractivity (Wildman–Crippen MR) is 71.9 cm³/mol. The Morgan fingerprint density at radius 3 is 2.41 bits per heavy atom. The molecular weight excluding hydrogens is 213 g/mol. The van der Waals surface area contributed by atoms with E-state index in [9.17, 15) is 4.39 Å². The second-order valence-electron chi connectivity index (χ2n) is 5.76. The Labute approximate surface area is 104 Å². The van der Waals surface area contributed by atoms with E-state index in [2.05, 4.69) is 39.1 Å². The molecule has 0 aliphatic heterocycles. The van der Waals surface area contributed by atoms with Crippen LogP contribution in [-0.2, 0) is 5.41 Å². The van der Waals surface area contributed by atoms with Gasteiger partial charge in [0, 0.05) is 6.04 Å². The molecule has 17 heavy (non-hydrogen) atoms. The maximum atomic E-state index is 13.4. The summed E-state index contributed by atoms with van der Waals surface area (Å²) in [6.45, 7) is 11.5. The molecule has 1 aromatic rings. The van der Waals surface area contributed by atoms with Crippen LogP contribution < -0.4 is 5.32 Å². The lowest BCUT2D eigenvalue weighted by Gasteiger charge is -2.26. The first-order valence-electron chi connectivity index (χ1n) is 6.32. The van der Waals surface area contributed by atoms with E-state index in [0.717, 1.165) is 24.1 Å². The summed E-state index contributed by atoms with van der Waals surface area (Å²) < 4.78 is 13.4. The van der Waals surface area contributed by atoms with E-state index in [1.54, 1.807) is 12.1 Å². The zero-order valence-electron chi connectivity index (χ0n) is 11.6. The van der Waals surface area contributed by atoms with Gasteiger partial charge in [0.1, 0.15) is 5.82 Å². The van der Waals surface area contributed by atoms with E-state index in [1.807, 2.05) is 6.92 Å². The average molecular weight is 237 g/mol. The van der Waals surface area contributed by atoms with E-state index in [1.165, 1.54) is 0 Å². The van der Waals surface area contributed by atoms with E-state index in [-0.39, 0.29) is 11.2 Å². The van der Waals surface area contributed by atoms with Gasteiger partial charge in [-0.15, -0.1) is 0 Å². The molecule has 0 aromatic heterocycles. The van der Waals surface area contributed by atoms with E-state index in [4.69, 9.17) is 0 Å². The smallest absolute Gasteiger partial charge is 0.123 e. The van der Waals surface area contributed by atoms with Crippen LogP contribution in [0.1, 0.15) is 45.2 Å². The molecule has 0 bridgehead atoms. The van der Waals surface area contributed by atoms with Gasteiger partial charge in [-0.1, -0.05) is 33.8 Å². The van der Waals surface area contributed by atoms with Gasteiger partial charge < -0.3 is 5.32 Å². The molecule has 0 saturated carbocycles. The van der Waals surface area contributed by atoms with Gasteiger partial charge in [0.2, 0.25) is 0 Å². The molecule has 1 aromatic carbocycles. The topological polar surface area (TPSA) is 12.0 Å². The molecule has 96 valence electrons. The minimum Gasteiger partial charge on any atom is -0.315 e. The van der Waals surface area contributed by atoms with E-state index >= 15 is 0 Å². The van der Waals surface area contributed by atoms with Crippen molar-refractivity contribution in [1.29, 1.82) is 0 Å². The van der Waals surface area contributed by atoms with Crippen LogP contribution in [0.3, 0.4) is 0 Å². The Morgan fingerprint density at radius 2 is 1.88 bits per heavy atom. The van der Waals surface area contributed by atoms with E-state index < -0.39 is 0 Å². The second-order valence-corrected chi connectivity index (χ2v) is 5.76. The van der Waals surface area contributed by atoms with Crippen LogP contribution in [0.15, 0.2) is 18.2 Å². The molecule has 2 heteroatoms. The van der Waals surface area contributed by atoms with Crippen LogP contribution in [0.5, 0.6) is 0 Å². The van der Waals surface area contributed by atoms with Crippen LogP contribution in [0, 0.1) is 12.7 Å². The van der Waals surface area contributed by atoms with Crippen molar-refractivity contribution in [3.63, 3.8) is 0 Å². The fourth-order valence-electron chi connectivity index (χ4n) is 1.94. The normalized spacial score (nSPS) is 12.2. The number of rotatable bonds is 5. The fourth-order valence-corrected chi connectivity index (χ4v) is 1.94. The molecule has 0 aliphatic carbocycles. The van der Waals surface area contributed by atoms with Crippen molar-refractivity contribution < 1.29 is 4.39 Å². The lowest BCUT2D eigenvalue weighted by atomic mass is 9.81. The van der Waals surface area contributed by atoms with Crippen molar-refractivity contribution in [2.75, 3.05) is 6.54 Å². The molecule has 0 heterocycles. The maximum absolute atomic E-state index is 13.4. The molecule has 1 rings (SSSR count). The maximum Gasteiger partial charge on any atom is 0.123 e. The number of halogens is 1. The summed E-state index contributed by atoms with van der Waals surface area (Å²) in [6.07, 6.45) is 1.01. The predicted octanol–water partition coefficient (Wildman–Crippen LogP) is 3.80. The first-order chi connectivity index (χ1) is 7.81. The zero-order chi connectivity index (χ0) is 13.1. The first kappa shape index (κ1) is 14.2. The van der Waals surface area contributed by atoms with Gasteiger partial charge in [0.15, 0.2) is 0 Å². The van der Waals surface area contributed by atoms with Crippen LogP contribution in [0.25, 0.3) is 0 Å². The Balaban J connectivity index is 2.74. The van der Waals surface area contributed by atoms with Gasteiger partial charge in [-0.25, -0.2) is 4.39 Å². The lowest BCUT2D eigenvalue weighted by Crippen LogP contribution is -2.29. The average Bonchev–Trinajstić information content (AvgIpc) is 2.14. The van der Waals surface area contributed by atoms with Gasteiger partial charge in [0.05, 0.1) is 0 Å². The van der Waals surface area contributed by atoms with Crippen LogP contribution in [0.2, 0.25) is 0 Å². The Bertz CT molecular complexity index is 349. The number of benzene rings is 1. The standard InChI is InChI=1S/C15H24FN/c1-11(2)17-7-6-15(4,5)13-8-12(3)9-14(16)10-13/h8-11,17H,6-7H2,1-5H3. The Morgan fingerprint density at radius 1 is 1.24 bits per heavy atom. The highest BCUT2D eigenvalue weighted by atomic mass is 19.1. The number of nitrogens with one attached hydrogen (secondary N) is 1. The molecule has 0 amide bonds. The lowest BCUT2D eigenvalue weighted by molar-refractivity contribution is 0.439. The minimum atomic E-state index is -0.134. The van der Waals surface area contributed by atoms with Crippen LogP contribution in [-0.4, -0.2) is 12.6 Å². The third-order valence-electron chi connectivity index (χ3n) is 3.13. The van der Waals surface area contributed by atoms with E-state index in [0.29, 0.717) is 6.04 Å². The molecule has 0 radical (unpaired) electrons. The van der Waals surface area contributed by atoms with Crippen molar-refractivity contribution in [1.82, 2.24) is 5.32 Å². The first-order valence-corrected chi connectivity index (χ1v) is 6.32. The molecule has 0 unspecified atom stereocenters. The van der Waals surface area contributed by atoms with Gasteiger partial charge in [-0.05, 0) is 48.6 Å². The highest BCUT2D eigenvalue weighted by Gasteiger charge is 2.21. The summed E-state index contributed by atoms with van der Waals surface area (Å²) in [6, 6.07) is 5.81. The minimum absolute atomic E-state index is 0.00868. The van der Waals surface area contributed by atoms with Crippen molar-refractivity contribution in [3.05, 3.63) is 35.1 Å². The quantitative estimate of drug-likeness (QED) is 0.821. The summed E-state index contributed by atoms with van der Waals surface area (Å²) in [7, 11) is 0. The van der Waals surface area contributed by atoms with Crippen molar-refractivity contribution >= 4 is 0 Å². The number of aryl methyl sites for hydroxylation is 1. The molecule has 1 N–H and O–H groups in total. The molecule has 0 atom stereocenters. The van der Waals surface area contributed by atoms with Gasteiger partial charge in [-0.2, -0.15) is 0 Å². The van der Waals surface area contributed by atoms with Crippen LogP contribution in [0.4, 0.5) is 4.39 Å².